The van der Waals surface area contributed by atoms with Crippen LogP contribution in [0.15, 0.2) is 78.9 Å². The minimum absolute atomic E-state index is 0.0486. The Bertz CT molecular complexity index is 1100. The van der Waals surface area contributed by atoms with Crippen molar-refractivity contribution in [2.75, 3.05) is 5.75 Å². The number of aryl methyl sites for hydroxylation is 1. The second-order valence-corrected chi connectivity index (χ2v) is 9.95. The van der Waals surface area contributed by atoms with Crippen LogP contribution in [-0.2, 0) is 28.3 Å². The molecule has 3 rings (SSSR count). The van der Waals surface area contributed by atoms with Crippen LogP contribution in [0.25, 0.3) is 0 Å². The van der Waals surface area contributed by atoms with Crippen LogP contribution in [0.3, 0.4) is 0 Å². The summed E-state index contributed by atoms with van der Waals surface area (Å²) < 4.78 is 14.0. The van der Waals surface area contributed by atoms with E-state index in [1.165, 1.54) is 17.8 Å². The number of hydrogen-bond donors (Lipinski definition) is 1. The van der Waals surface area contributed by atoms with Gasteiger partial charge in [-0.2, -0.15) is 0 Å². The molecule has 35 heavy (non-hydrogen) atoms. The summed E-state index contributed by atoms with van der Waals surface area (Å²) in [5.74, 6) is -0.0592. The van der Waals surface area contributed by atoms with Crippen molar-refractivity contribution in [1.82, 2.24) is 10.2 Å². The number of amides is 2. The predicted molar refractivity (Wildman–Crippen MR) is 142 cm³/mol. The van der Waals surface area contributed by atoms with Gasteiger partial charge in [-0.15, -0.1) is 11.8 Å². The third-order valence-corrected chi connectivity index (χ3v) is 6.58. The quantitative estimate of drug-likeness (QED) is 0.383. The van der Waals surface area contributed by atoms with E-state index in [9.17, 15) is 14.0 Å². The van der Waals surface area contributed by atoms with E-state index < -0.39 is 6.04 Å². The molecule has 0 radical (unpaired) electrons. The fourth-order valence-electron chi connectivity index (χ4n) is 3.77. The summed E-state index contributed by atoms with van der Waals surface area (Å²) in [4.78, 5) is 28.5. The van der Waals surface area contributed by atoms with Gasteiger partial charge in [0, 0.05) is 24.8 Å². The highest BCUT2D eigenvalue weighted by atomic mass is 32.2. The van der Waals surface area contributed by atoms with E-state index in [-0.39, 0.29) is 29.4 Å². The molecule has 3 aromatic carbocycles. The first-order chi connectivity index (χ1) is 16.8. The molecule has 0 aliphatic rings. The van der Waals surface area contributed by atoms with Crippen LogP contribution < -0.4 is 5.32 Å². The van der Waals surface area contributed by atoms with Crippen molar-refractivity contribution in [1.29, 1.82) is 0 Å². The van der Waals surface area contributed by atoms with Crippen molar-refractivity contribution in [3.8, 4) is 0 Å². The second kappa shape index (κ2) is 13.1. The Morgan fingerprint density at radius 1 is 0.914 bits per heavy atom. The molecule has 0 fully saturated rings. The fraction of sp³-hybridized carbons (Fsp3) is 0.310. The lowest BCUT2D eigenvalue weighted by Gasteiger charge is -2.32. The first kappa shape index (κ1) is 26.5. The molecular weight excluding hydrogens is 459 g/mol. The van der Waals surface area contributed by atoms with Gasteiger partial charge in [-0.1, -0.05) is 78.4 Å². The average molecular weight is 493 g/mol. The molecule has 0 aromatic heterocycles. The molecule has 0 aliphatic heterocycles. The van der Waals surface area contributed by atoms with Gasteiger partial charge in [-0.25, -0.2) is 4.39 Å². The van der Waals surface area contributed by atoms with Gasteiger partial charge in [0.2, 0.25) is 11.8 Å². The Morgan fingerprint density at radius 2 is 1.57 bits per heavy atom. The summed E-state index contributed by atoms with van der Waals surface area (Å²) in [5, 5.41) is 2.99. The summed E-state index contributed by atoms with van der Waals surface area (Å²) in [5.41, 5.74) is 3.63. The van der Waals surface area contributed by atoms with Crippen LogP contribution in [0.2, 0.25) is 0 Å². The Morgan fingerprint density at radius 3 is 2.23 bits per heavy atom. The molecule has 184 valence electrons. The minimum Gasteiger partial charge on any atom is -0.352 e. The van der Waals surface area contributed by atoms with Crippen molar-refractivity contribution in [2.45, 2.75) is 51.6 Å². The molecule has 0 saturated heterocycles. The van der Waals surface area contributed by atoms with Crippen molar-refractivity contribution in [3.63, 3.8) is 0 Å². The second-order valence-electron chi connectivity index (χ2n) is 8.96. The number of benzene rings is 3. The zero-order valence-electron chi connectivity index (χ0n) is 20.5. The van der Waals surface area contributed by atoms with Gasteiger partial charge in [-0.3, -0.25) is 9.59 Å². The molecule has 0 unspecified atom stereocenters. The number of rotatable bonds is 11. The highest BCUT2D eigenvalue weighted by Crippen LogP contribution is 2.20. The maximum atomic E-state index is 14.0. The van der Waals surface area contributed by atoms with Crippen LogP contribution in [-0.4, -0.2) is 34.6 Å². The first-order valence-electron chi connectivity index (χ1n) is 11.8. The summed E-state index contributed by atoms with van der Waals surface area (Å²) in [6, 6.07) is 23.6. The van der Waals surface area contributed by atoms with E-state index in [1.807, 2.05) is 75.4 Å². The Hall–Kier alpha value is -3.12. The Labute approximate surface area is 211 Å². The highest BCUT2D eigenvalue weighted by molar-refractivity contribution is 7.99. The first-order valence-corrected chi connectivity index (χ1v) is 13.0. The minimum atomic E-state index is -0.664. The van der Waals surface area contributed by atoms with Crippen molar-refractivity contribution >= 4 is 23.6 Å². The summed E-state index contributed by atoms with van der Waals surface area (Å²) in [6.45, 7) is 6.16. The summed E-state index contributed by atoms with van der Waals surface area (Å²) >= 11 is 1.36. The zero-order valence-corrected chi connectivity index (χ0v) is 21.4. The molecule has 2 amide bonds. The lowest BCUT2D eigenvalue weighted by molar-refractivity contribution is -0.139. The molecule has 0 aliphatic carbocycles. The van der Waals surface area contributed by atoms with Crippen LogP contribution >= 0.6 is 11.8 Å². The van der Waals surface area contributed by atoms with Crippen LogP contribution in [0.4, 0.5) is 4.39 Å². The molecule has 0 saturated carbocycles. The van der Waals surface area contributed by atoms with Gasteiger partial charge in [0.15, 0.2) is 0 Å². The summed E-state index contributed by atoms with van der Waals surface area (Å²) in [6.07, 6.45) is 0.412. The van der Waals surface area contributed by atoms with Gasteiger partial charge < -0.3 is 10.2 Å². The Kier molecular flexibility index (Phi) is 9.91. The average Bonchev–Trinajstić information content (AvgIpc) is 2.84. The number of thioether (sulfide) groups is 1. The number of carbonyl (C=O) groups is 2. The lowest BCUT2D eigenvalue weighted by Crippen LogP contribution is -2.52. The van der Waals surface area contributed by atoms with Crippen LogP contribution in [0.1, 0.15) is 36.1 Å². The monoisotopic (exact) mass is 492 g/mol. The maximum absolute atomic E-state index is 14.0. The molecule has 1 N–H and O–H groups in total. The molecule has 1 atom stereocenters. The molecule has 0 bridgehead atoms. The fourth-order valence-corrected chi connectivity index (χ4v) is 4.67. The van der Waals surface area contributed by atoms with E-state index in [1.54, 1.807) is 23.1 Å². The van der Waals surface area contributed by atoms with E-state index in [0.717, 1.165) is 16.7 Å². The van der Waals surface area contributed by atoms with Gasteiger partial charge in [0.1, 0.15) is 11.9 Å². The standard InChI is InChI=1S/C29H33FN2O2S/c1-21(2)31-29(34)27(17-23-9-5-4-6-10-23)32(18-24-15-13-22(3)14-16-24)28(33)20-35-19-25-11-7-8-12-26(25)30/h4-16,21,27H,17-20H2,1-3H3,(H,31,34)/t27-/m1/s1. The third kappa shape index (κ3) is 8.25. The maximum Gasteiger partial charge on any atom is 0.243 e. The number of nitrogens with one attached hydrogen (secondary N) is 1. The predicted octanol–water partition coefficient (Wildman–Crippen LogP) is 5.53. The van der Waals surface area contributed by atoms with Gasteiger partial charge in [0.25, 0.3) is 0 Å². The topological polar surface area (TPSA) is 49.4 Å². The highest BCUT2D eigenvalue weighted by Gasteiger charge is 2.30. The number of hydrogen-bond acceptors (Lipinski definition) is 3. The molecule has 0 heterocycles. The SMILES string of the molecule is Cc1ccc(CN(C(=O)CSCc2ccccc2F)[C@H](Cc2ccccc2)C(=O)NC(C)C)cc1. The smallest absolute Gasteiger partial charge is 0.243 e. The van der Waals surface area contributed by atoms with Crippen molar-refractivity contribution in [2.24, 2.45) is 0 Å². The van der Waals surface area contributed by atoms with Crippen LogP contribution in [0.5, 0.6) is 0 Å². The number of nitrogens with zero attached hydrogens (tertiary/aromatic N) is 1. The zero-order chi connectivity index (χ0) is 25.2. The lowest BCUT2D eigenvalue weighted by atomic mass is 10.0. The molecule has 4 nitrogen and oxygen atoms in total. The normalized spacial score (nSPS) is 11.8. The molecular formula is C29H33FN2O2S. The van der Waals surface area contributed by atoms with Gasteiger partial charge in [0.05, 0.1) is 5.75 Å². The van der Waals surface area contributed by atoms with Crippen LogP contribution in [0, 0.1) is 12.7 Å². The van der Waals surface area contributed by atoms with E-state index >= 15 is 0 Å². The summed E-state index contributed by atoms with van der Waals surface area (Å²) in [7, 11) is 0. The largest absolute Gasteiger partial charge is 0.352 e. The molecule has 6 heteroatoms. The van der Waals surface area contributed by atoms with Crippen molar-refractivity contribution < 1.29 is 14.0 Å². The van der Waals surface area contributed by atoms with Gasteiger partial charge in [-0.05, 0) is 43.5 Å². The van der Waals surface area contributed by atoms with E-state index in [0.29, 0.717) is 24.3 Å². The van der Waals surface area contributed by atoms with Gasteiger partial charge >= 0.3 is 0 Å². The van der Waals surface area contributed by atoms with E-state index in [2.05, 4.69) is 5.32 Å². The Balaban J connectivity index is 1.84. The number of carbonyl (C=O) groups excluding carboxylic acids is 2. The molecule has 0 spiro atoms. The number of halogens is 1. The van der Waals surface area contributed by atoms with E-state index in [4.69, 9.17) is 0 Å². The molecule has 3 aromatic rings. The van der Waals surface area contributed by atoms with Crippen molar-refractivity contribution in [3.05, 3.63) is 107 Å². The third-order valence-electron chi connectivity index (χ3n) is 5.62.